The predicted molar refractivity (Wildman–Crippen MR) is 134 cm³/mol. The van der Waals surface area contributed by atoms with E-state index in [4.69, 9.17) is 4.74 Å². The molecule has 0 saturated heterocycles. The van der Waals surface area contributed by atoms with E-state index in [0.29, 0.717) is 12.0 Å². The summed E-state index contributed by atoms with van der Waals surface area (Å²) < 4.78 is 10.0. The smallest absolute Gasteiger partial charge is 0.408 e. The molecule has 0 saturated carbocycles. The van der Waals surface area contributed by atoms with E-state index in [1.807, 2.05) is 45.9 Å². The number of alkyl carbamates (subject to hydrolysis) is 1. The van der Waals surface area contributed by atoms with E-state index in [0.717, 1.165) is 11.1 Å². The Kier molecular flexibility index (Phi) is 11.2. The fourth-order valence-electron chi connectivity index (χ4n) is 3.60. The van der Waals surface area contributed by atoms with Crippen LogP contribution < -0.4 is 10.6 Å². The first-order valence-electron chi connectivity index (χ1n) is 12.0. The molecule has 0 bridgehead atoms. The molecule has 3 atom stereocenters. The Balaban J connectivity index is 3.46. The molecular formula is C26H41N3O6. The SMILES string of the molecule is CCC(C)C(NC(=O)OC(C)(C)C)C(=O)N(CC)C(C(=O)NCC(=O)OC)c1cc(C)ccc1C. The number of hydrogen-bond acceptors (Lipinski definition) is 6. The first-order chi connectivity index (χ1) is 16.2. The normalized spacial score (nSPS) is 13.7. The second-order valence-corrected chi connectivity index (χ2v) is 9.69. The zero-order valence-corrected chi connectivity index (χ0v) is 22.5. The van der Waals surface area contributed by atoms with Gasteiger partial charge in [-0.15, -0.1) is 0 Å². The topological polar surface area (TPSA) is 114 Å². The van der Waals surface area contributed by atoms with Gasteiger partial charge in [0.15, 0.2) is 0 Å². The first-order valence-corrected chi connectivity index (χ1v) is 12.0. The van der Waals surface area contributed by atoms with Crippen LogP contribution in [0.5, 0.6) is 0 Å². The number of nitrogens with zero attached hydrogens (tertiary/aromatic N) is 1. The lowest BCUT2D eigenvalue weighted by Crippen LogP contribution is -2.55. The van der Waals surface area contributed by atoms with Gasteiger partial charge < -0.3 is 25.0 Å². The summed E-state index contributed by atoms with van der Waals surface area (Å²) in [5, 5.41) is 5.29. The molecular weight excluding hydrogens is 450 g/mol. The van der Waals surface area contributed by atoms with Crippen molar-refractivity contribution in [2.45, 2.75) is 79.5 Å². The van der Waals surface area contributed by atoms with Crippen molar-refractivity contribution in [2.75, 3.05) is 20.2 Å². The minimum absolute atomic E-state index is 0.200. The van der Waals surface area contributed by atoms with Crippen LogP contribution >= 0.6 is 0 Å². The zero-order valence-electron chi connectivity index (χ0n) is 22.5. The summed E-state index contributed by atoms with van der Waals surface area (Å²) in [4.78, 5) is 52.9. The summed E-state index contributed by atoms with van der Waals surface area (Å²) in [5.41, 5.74) is 1.65. The van der Waals surface area contributed by atoms with Gasteiger partial charge in [-0.3, -0.25) is 14.4 Å². The maximum absolute atomic E-state index is 13.9. The fraction of sp³-hybridized carbons (Fsp3) is 0.615. The minimum Gasteiger partial charge on any atom is -0.468 e. The Bertz CT molecular complexity index is 909. The number of methoxy groups -OCH3 is 1. The highest BCUT2D eigenvalue weighted by Crippen LogP contribution is 2.27. The van der Waals surface area contributed by atoms with Crippen molar-refractivity contribution in [3.05, 3.63) is 34.9 Å². The van der Waals surface area contributed by atoms with E-state index in [1.165, 1.54) is 12.0 Å². The number of benzene rings is 1. The number of likely N-dealkylation sites (N-methyl/N-ethyl adjacent to an activating group) is 1. The third kappa shape index (κ3) is 8.88. The maximum atomic E-state index is 13.9. The molecule has 3 amide bonds. The average Bonchev–Trinajstić information content (AvgIpc) is 2.78. The number of carbonyl (C=O) groups is 4. The largest absolute Gasteiger partial charge is 0.468 e. The Morgan fingerprint density at radius 1 is 1.09 bits per heavy atom. The third-order valence-corrected chi connectivity index (χ3v) is 5.70. The van der Waals surface area contributed by atoms with Crippen LogP contribution in [0.15, 0.2) is 18.2 Å². The van der Waals surface area contributed by atoms with Gasteiger partial charge in [-0.1, -0.05) is 44.0 Å². The van der Waals surface area contributed by atoms with Gasteiger partial charge in [0.25, 0.3) is 0 Å². The Labute approximate surface area is 208 Å². The van der Waals surface area contributed by atoms with Crippen LogP contribution in [0, 0.1) is 19.8 Å². The van der Waals surface area contributed by atoms with Gasteiger partial charge in [0.05, 0.1) is 7.11 Å². The summed E-state index contributed by atoms with van der Waals surface area (Å²) in [5.74, 6) is -1.75. The number of carbonyl (C=O) groups excluding carboxylic acids is 4. The Morgan fingerprint density at radius 3 is 2.23 bits per heavy atom. The number of nitrogens with one attached hydrogen (secondary N) is 2. The van der Waals surface area contributed by atoms with Gasteiger partial charge in [-0.25, -0.2) is 4.79 Å². The summed E-state index contributed by atoms with van der Waals surface area (Å²) in [7, 11) is 1.23. The van der Waals surface area contributed by atoms with E-state index >= 15 is 0 Å². The van der Waals surface area contributed by atoms with Gasteiger partial charge in [-0.2, -0.15) is 0 Å². The van der Waals surface area contributed by atoms with E-state index < -0.39 is 41.6 Å². The molecule has 0 spiro atoms. The average molecular weight is 492 g/mol. The molecule has 1 aromatic rings. The molecule has 0 aromatic heterocycles. The van der Waals surface area contributed by atoms with Gasteiger partial charge in [0.2, 0.25) is 11.8 Å². The number of hydrogen-bond donors (Lipinski definition) is 2. The van der Waals surface area contributed by atoms with Crippen molar-refractivity contribution < 1.29 is 28.7 Å². The zero-order chi connectivity index (χ0) is 26.9. The second-order valence-electron chi connectivity index (χ2n) is 9.69. The highest BCUT2D eigenvalue weighted by Gasteiger charge is 2.38. The number of aryl methyl sites for hydroxylation is 2. The second kappa shape index (κ2) is 13.1. The summed E-state index contributed by atoms with van der Waals surface area (Å²) in [6.07, 6.45) is -0.0856. The molecule has 0 aliphatic carbocycles. The molecule has 2 N–H and O–H groups in total. The van der Waals surface area contributed by atoms with E-state index in [9.17, 15) is 19.2 Å². The number of ether oxygens (including phenoxy) is 2. The Morgan fingerprint density at radius 2 is 1.71 bits per heavy atom. The lowest BCUT2D eigenvalue weighted by atomic mass is 9.93. The summed E-state index contributed by atoms with van der Waals surface area (Å²) >= 11 is 0. The fourth-order valence-corrected chi connectivity index (χ4v) is 3.60. The standard InChI is InChI=1S/C26H41N3O6/c1-10-17(4)21(28-25(33)35-26(6,7)8)24(32)29(11-2)22(23(31)27-15-20(30)34-9)19-14-16(3)12-13-18(19)5/h12-14,17,21-22H,10-11,15H2,1-9H3,(H,27,31)(H,28,33). The van der Waals surface area contributed by atoms with E-state index in [2.05, 4.69) is 15.4 Å². The molecule has 35 heavy (non-hydrogen) atoms. The molecule has 0 radical (unpaired) electrons. The first kappa shape index (κ1) is 29.9. The molecule has 0 heterocycles. The highest BCUT2D eigenvalue weighted by molar-refractivity contribution is 5.93. The monoisotopic (exact) mass is 491 g/mol. The molecule has 0 fully saturated rings. The molecule has 1 rings (SSSR count). The van der Waals surface area contributed by atoms with Crippen LogP contribution in [0.4, 0.5) is 4.79 Å². The van der Waals surface area contributed by atoms with Crippen LogP contribution in [0.2, 0.25) is 0 Å². The van der Waals surface area contributed by atoms with Crippen LogP contribution in [0.3, 0.4) is 0 Å². The van der Waals surface area contributed by atoms with Crippen molar-refractivity contribution in [3.8, 4) is 0 Å². The van der Waals surface area contributed by atoms with Crippen LogP contribution in [0.25, 0.3) is 0 Å². The molecule has 196 valence electrons. The lowest BCUT2D eigenvalue weighted by Gasteiger charge is -2.36. The molecule has 0 aliphatic rings. The van der Waals surface area contributed by atoms with Crippen molar-refractivity contribution in [1.82, 2.24) is 15.5 Å². The van der Waals surface area contributed by atoms with Crippen molar-refractivity contribution in [1.29, 1.82) is 0 Å². The van der Waals surface area contributed by atoms with Crippen LogP contribution in [-0.4, -0.2) is 60.6 Å². The van der Waals surface area contributed by atoms with Gasteiger partial charge in [-0.05, 0) is 58.6 Å². The van der Waals surface area contributed by atoms with Crippen molar-refractivity contribution in [3.63, 3.8) is 0 Å². The summed E-state index contributed by atoms with van der Waals surface area (Å²) in [6, 6.07) is 3.74. The summed E-state index contributed by atoms with van der Waals surface area (Å²) in [6.45, 7) is 14.4. The number of rotatable bonds is 10. The Hall–Kier alpha value is -3.10. The molecule has 1 aromatic carbocycles. The predicted octanol–water partition coefficient (Wildman–Crippen LogP) is 3.42. The molecule has 3 unspecified atom stereocenters. The van der Waals surface area contributed by atoms with Crippen LogP contribution in [0.1, 0.15) is 70.7 Å². The molecule has 9 heteroatoms. The van der Waals surface area contributed by atoms with Gasteiger partial charge >= 0.3 is 12.1 Å². The van der Waals surface area contributed by atoms with Gasteiger partial charge in [0.1, 0.15) is 24.2 Å². The molecule has 0 aliphatic heterocycles. The quantitative estimate of drug-likeness (QED) is 0.485. The lowest BCUT2D eigenvalue weighted by molar-refractivity contribution is -0.145. The minimum atomic E-state index is -1.01. The highest BCUT2D eigenvalue weighted by atomic mass is 16.6. The third-order valence-electron chi connectivity index (χ3n) is 5.70. The number of esters is 1. The van der Waals surface area contributed by atoms with Crippen molar-refractivity contribution in [2.24, 2.45) is 5.92 Å². The maximum Gasteiger partial charge on any atom is 0.408 e. The van der Waals surface area contributed by atoms with E-state index in [1.54, 1.807) is 27.7 Å². The van der Waals surface area contributed by atoms with Gasteiger partial charge in [0, 0.05) is 6.54 Å². The van der Waals surface area contributed by atoms with Crippen LogP contribution in [-0.2, 0) is 23.9 Å². The number of amides is 3. The van der Waals surface area contributed by atoms with E-state index in [-0.39, 0.29) is 19.0 Å². The molecule has 9 nitrogen and oxygen atoms in total. The van der Waals surface area contributed by atoms with Crippen molar-refractivity contribution >= 4 is 23.9 Å².